The number of para-hydroxylation sites is 1. The normalized spacial score (nSPS) is 20.8. The third kappa shape index (κ3) is 4.89. The van der Waals surface area contributed by atoms with Crippen LogP contribution in [0.5, 0.6) is 0 Å². The summed E-state index contributed by atoms with van der Waals surface area (Å²) in [4.78, 5) is 24.9. The van der Waals surface area contributed by atoms with E-state index >= 15 is 0 Å². The van der Waals surface area contributed by atoms with E-state index < -0.39 is 0 Å². The average Bonchev–Trinajstić information content (AvgIpc) is 3.19. The van der Waals surface area contributed by atoms with Crippen molar-refractivity contribution in [2.75, 3.05) is 51.2 Å². The van der Waals surface area contributed by atoms with E-state index in [-0.39, 0.29) is 17.9 Å². The number of carbonyl (C=O) groups excluding carboxylic acids is 1. The zero-order chi connectivity index (χ0) is 24.4. The van der Waals surface area contributed by atoms with Crippen LogP contribution in [0.15, 0.2) is 66.7 Å². The van der Waals surface area contributed by atoms with Gasteiger partial charge in [-0.2, -0.15) is 0 Å². The number of hydrogen-bond donors (Lipinski definition) is 1. The first-order valence-corrected chi connectivity index (χ1v) is 12.6. The van der Waals surface area contributed by atoms with Gasteiger partial charge in [0.2, 0.25) is 5.91 Å². The minimum atomic E-state index is -0.130. The van der Waals surface area contributed by atoms with Crippen molar-refractivity contribution in [3.05, 3.63) is 78.0 Å². The molecule has 5 rings (SSSR count). The van der Waals surface area contributed by atoms with Crippen molar-refractivity contribution in [1.82, 2.24) is 20.1 Å². The molecule has 2 aromatic carbocycles. The van der Waals surface area contributed by atoms with Crippen LogP contribution in [0.25, 0.3) is 16.6 Å². The van der Waals surface area contributed by atoms with Crippen molar-refractivity contribution in [1.29, 1.82) is 0 Å². The molecule has 0 saturated carbocycles. The van der Waals surface area contributed by atoms with E-state index in [1.165, 1.54) is 11.1 Å². The van der Waals surface area contributed by atoms with Gasteiger partial charge < -0.3 is 15.1 Å². The number of amides is 1. The van der Waals surface area contributed by atoms with Gasteiger partial charge in [-0.25, -0.2) is 0 Å². The third-order valence-electron chi connectivity index (χ3n) is 7.50. The highest BCUT2D eigenvalue weighted by Crippen LogP contribution is 2.32. The molecular weight excluding hydrogens is 434 g/mol. The van der Waals surface area contributed by atoms with Crippen LogP contribution in [0.3, 0.4) is 0 Å². The number of anilines is 1. The van der Waals surface area contributed by atoms with Gasteiger partial charge in [0.15, 0.2) is 0 Å². The maximum Gasteiger partial charge on any atom is 0.229 e. The average molecular weight is 470 g/mol. The molecule has 0 radical (unpaired) electrons. The number of fused-ring (bicyclic) bond motifs is 1. The minimum absolute atomic E-state index is 0.117. The Hall–Kier alpha value is -3.38. The van der Waals surface area contributed by atoms with Gasteiger partial charge >= 0.3 is 0 Å². The van der Waals surface area contributed by atoms with Gasteiger partial charge in [-0.1, -0.05) is 48.5 Å². The summed E-state index contributed by atoms with van der Waals surface area (Å²) in [7, 11) is 2.07. The van der Waals surface area contributed by atoms with Crippen LogP contribution in [-0.2, 0) is 4.79 Å². The number of nitrogens with zero attached hydrogens (tertiary/aromatic N) is 4. The number of aromatic nitrogens is 1. The molecule has 1 saturated heterocycles. The van der Waals surface area contributed by atoms with Gasteiger partial charge in [0.05, 0.1) is 17.1 Å². The fraction of sp³-hybridized carbons (Fsp3) is 0.379. The Kier molecular flexibility index (Phi) is 6.73. The summed E-state index contributed by atoms with van der Waals surface area (Å²) >= 11 is 0. The highest BCUT2D eigenvalue weighted by molar-refractivity contribution is 5.91. The summed E-state index contributed by atoms with van der Waals surface area (Å²) < 4.78 is 0. The summed E-state index contributed by atoms with van der Waals surface area (Å²) in [5.41, 5.74) is 5.65. The number of hydrogen-bond acceptors (Lipinski definition) is 5. The Labute approximate surface area is 208 Å². The molecule has 3 aromatic rings. The molecule has 2 aliphatic rings. The minimum Gasteiger partial charge on any atom is -0.371 e. The van der Waals surface area contributed by atoms with E-state index in [0.717, 1.165) is 55.2 Å². The molecule has 0 bridgehead atoms. The Balaban J connectivity index is 1.13. The molecule has 3 heterocycles. The summed E-state index contributed by atoms with van der Waals surface area (Å²) in [6.45, 7) is 9.63. The molecule has 1 amide bonds. The summed E-state index contributed by atoms with van der Waals surface area (Å²) in [5.74, 6) is -0.0134. The first kappa shape index (κ1) is 23.4. The molecule has 35 heavy (non-hydrogen) atoms. The van der Waals surface area contributed by atoms with Crippen molar-refractivity contribution in [2.24, 2.45) is 5.92 Å². The highest BCUT2D eigenvalue weighted by atomic mass is 16.1. The van der Waals surface area contributed by atoms with Gasteiger partial charge in [-0.3, -0.25) is 14.7 Å². The monoisotopic (exact) mass is 469 g/mol. The van der Waals surface area contributed by atoms with E-state index in [1.54, 1.807) is 0 Å². The van der Waals surface area contributed by atoms with E-state index in [1.807, 2.05) is 25.1 Å². The fourth-order valence-electron chi connectivity index (χ4n) is 5.24. The molecule has 2 atom stereocenters. The Morgan fingerprint density at radius 3 is 2.54 bits per heavy atom. The zero-order valence-corrected chi connectivity index (χ0v) is 20.9. The van der Waals surface area contributed by atoms with Crippen LogP contribution in [0.1, 0.15) is 18.2 Å². The molecule has 2 unspecified atom stereocenters. The Morgan fingerprint density at radius 1 is 1.00 bits per heavy atom. The molecule has 1 aromatic heterocycles. The fourth-order valence-corrected chi connectivity index (χ4v) is 5.24. The number of carbonyl (C=O) groups is 1. The SMILES string of the molecule is Cc1ccc2cccc(N3CCN(CCNC(=O)C4C=C(c5ccccc5)N(C)C4C)CC3)c2n1. The predicted octanol–water partition coefficient (Wildman–Crippen LogP) is 3.77. The van der Waals surface area contributed by atoms with Crippen LogP contribution in [-0.4, -0.2) is 73.0 Å². The lowest BCUT2D eigenvalue weighted by Gasteiger charge is -2.36. The van der Waals surface area contributed by atoms with Crippen molar-refractivity contribution >= 4 is 28.2 Å². The van der Waals surface area contributed by atoms with Crippen LogP contribution < -0.4 is 10.2 Å². The Morgan fingerprint density at radius 2 is 1.77 bits per heavy atom. The van der Waals surface area contributed by atoms with E-state index in [9.17, 15) is 4.79 Å². The molecule has 6 heteroatoms. The van der Waals surface area contributed by atoms with Gasteiger partial charge in [-0.05, 0) is 37.6 Å². The number of pyridine rings is 1. The van der Waals surface area contributed by atoms with Gasteiger partial charge in [0.25, 0.3) is 0 Å². The molecule has 1 N–H and O–H groups in total. The van der Waals surface area contributed by atoms with Crippen molar-refractivity contribution in [3.8, 4) is 0 Å². The Bertz CT molecular complexity index is 1220. The van der Waals surface area contributed by atoms with Gasteiger partial charge in [-0.15, -0.1) is 0 Å². The van der Waals surface area contributed by atoms with E-state index in [2.05, 4.69) is 82.5 Å². The molecule has 1 fully saturated rings. The number of benzene rings is 2. The van der Waals surface area contributed by atoms with Crippen molar-refractivity contribution in [2.45, 2.75) is 19.9 Å². The zero-order valence-electron chi connectivity index (χ0n) is 20.9. The predicted molar refractivity (Wildman–Crippen MR) is 143 cm³/mol. The van der Waals surface area contributed by atoms with Gasteiger partial charge in [0.1, 0.15) is 0 Å². The number of piperazine rings is 1. The van der Waals surface area contributed by atoms with Crippen LogP contribution in [0.2, 0.25) is 0 Å². The van der Waals surface area contributed by atoms with Crippen molar-refractivity contribution < 1.29 is 4.79 Å². The topological polar surface area (TPSA) is 51.7 Å². The second-order valence-electron chi connectivity index (χ2n) is 9.72. The lowest BCUT2D eigenvalue weighted by atomic mass is 10.0. The van der Waals surface area contributed by atoms with E-state index in [4.69, 9.17) is 4.98 Å². The lowest BCUT2D eigenvalue weighted by molar-refractivity contribution is -0.124. The molecular formula is C29H35N5O. The largest absolute Gasteiger partial charge is 0.371 e. The number of nitrogens with one attached hydrogen (secondary N) is 1. The smallest absolute Gasteiger partial charge is 0.229 e. The third-order valence-corrected chi connectivity index (χ3v) is 7.50. The first-order chi connectivity index (χ1) is 17.0. The second kappa shape index (κ2) is 10.1. The summed E-state index contributed by atoms with van der Waals surface area (Å²) in [6.07, 6.45) is 2.12. The van der Waals surface area contributed by atoms with Crippen LogP contribution >= 0.6 is 0 Å². The molecule has 2 aliphatic heterocycles. The summed E-state index contributed by atoms with van der Waals surface area (Å²) in [6, 6.07) is 21.1. The van der Waals surface area contributed by atoms with E-state index in [0.29, 0.717) is 6.54 Å². The number of rotatable bonds is 6. The lowest BCUT2D eigenvalue weighted by Crippen LogP contribution is -2.49. The maximum atomic E-state index is 13.0. The standard InChI is InChI=1S/C29H35N5O/c1-21-12-13-24-10-7-11-26(28(24)31-21)34-18-16-33(17-19-34)15-14-30-29(35)25-20-27(32(3)22(25)2)23-8-5-4-6-9-23/h4-13,20,22,25H,14-19H2,1-3H3,(H,30,35). The number of aryl methyl sites for hydroxylation is 1. The van der Waals surface area contributed by atoms with Gasteiger partial charge in [0, 0.05) is 69.1 Å². The quantitative estimate of drug-likeness (QED) is 0.596. The van der Waals surface area contributed by atoms with Crippen LogP contribution in [0, 0.1) is 12.8 Å². The maximum absolute atomic E-state index is 13.0. The second-order valence-corrected chi connectivity index (χ2v) is 9.72. The molecule has 0 spiro atoms. The highest BCUT2D eigenvalue weighted by Gasteiger charge is 2.34. The summed E-state index contributed by atoms with van der Waals surface area (Å²) in [5, 5.41) is 4.38. The molecule has 6 nitrogen and oxygen atoms in total. The molecule has 182 valence electrons. The first-order valence-electron chi connectivity index (χ1n) is 12.6. The molecule has 0 aliphatic carbocycles. The van der Waals surface area contributed by atoms with Crippen LogP contribution in [0.4, 0.5) is 5.69 Å². The van der Waals surface area contributed by atoms with Crippen molar-refractivity contribution in [3.63, 3.8) is 0 Å².